The summed E-state index contributed by atoms with van der Waals surface area (Å²) in [5.41, 5.74) is 2.62. The van der Waals surface area contributed by atoms with Crippen molar-refractivity contribution < 1.29 is 19.4 Å². The van der Waals surface area contributed by atoms with Crippen molar-refractivity contribution in [3.05, 3.63) is 82.9 Å². The molecule has 0 radical (unpaired) electrons. The van der Waals surface area contributed by atoms with Crippen molar-refractivity contribution in [1.82, 2.24) is 4.90 Å². The van der Waals surface area contributed by atoms with E-state index in [-0.39, 0.29) is 11.3 Å². The van der Waals surface area contributed by atoms with Gasteiger partial charge in [0.1, 0.15) is 5.76 Å². The Morgan fingerprint density at radius 1 is 1.10 bits per heavy atom. The normalized spacial score (nSPS) is 18.7. The largest absolute Gasteiger partial charge is 0.507 e. The summed E-state index contributed by atoms with van der Waals surface area (Å²) in [6, 6.07) is 16.2. The molecule has 1 atom stereocenters. The Balaban J connectivity index is 2.02. The number of aliphatic hydroxyl groups is 1. The summed E-state index contributed by atoms with van der Waals surface area (Å²) >= 11 is 0. The molecule has 0 unspecified atom stereocenters. The Morgan fingerprint density at radius 3 is 2.45 bits per heavy atom. The second-order valence-corrected chi connectivity index (χ2v) is 7.02. The molecule has 2 aromatic carbocycles. The minimum Gasteiger partial charge on any atom is -0.507 e. The first-order valence-electron chi connectivity index (χ1n) is 9.60. The molecule has 5 heteroatoms. The molecule has 150 valence electrons. The highest BCUT2D eigenvalue weighted by atomic mass is 16.5. The lowest BCUT2D eigenvalue weighted by atomic mass is 9.99. The van der Waals surface area contributed by atoms with Crippen LogP contribution in [0, 0.1) is 6.92 Å². The number of aliphatic hydroxyl groups excluding tert-OH is 1. The quantitative estimate of drug-likeness (QED) is 0.337. The molecule has 1 amide bonds. The van der Waals surface area contributed by atoms with Gasteiger partial charge in [-0.2, -0.15) is 0 Å². The Hall–Kier alpha value is -3.18. The molecule has 1 saturated heterocycles. The number of hydrogen-bond donors (Lipinski definition) is 1. The minimum absolute atomic E-state index is 0.114. The van der Waals surface area contributed by atoms with Crippen LogP contribution in [0.5, 0.6) is 0 Å². The van der Waals surface area contributed by atoms with Gasteiger partial charge in [0, 0.05) is 25.8 Å². The zero-order chi connectivity index (χ0) is 20.8. The maximum atomic E-state index is 12.8. The third kappa shape index (κ3) is 4.63. The van der Waals surface area contributed by atoms with Crippen LogP contribution in [-0.4, -0.2) is 48.0 Å². The predicted octanol–water partition coefficient (Wildman–Crippen LogP) is 3.79. The average molecular weight is 391 g/mol. The lowest BCUT2D eigenvalue weighted by Crippen LogP contribution is -2.34. The lowest BCUT2D eigenvalue weighted by Gasteiger charge is -2.22. The second kappa shape index (κ2) is 9.34. The van der Waals surface area contributed by atoms with Gasteiger partial charge in [0.2, 0.25) is 0 Å². The summed E-state index contributed by atoms with van der Waals surface area (Å²) in [5, 5.41) is 10.9. The molecular weight excluding hydrogens is 366 g/mol. The van der Waals surface area contributed by atoms with E-state index in [1.165, 1.54) is 4.90 Å². The molecule has 1 aliphatic rings. The number of carbonyl (C=O) groups excluding carboxylic acids is 2. The van der Waals surface area contributed by atoms with E-state index in [0.29, 0.717) is 25.1 Å². The molecule has 1 aliphatic heterocycles. The number of carbonyl (C=O) groups is 2. The maximum absolute atomic E-state index is 12.8. The van der Waals surface area contributed by atoms with Gasteiger partial charge in [0.05, 0.1) is 11.6 Å². The molecule has 0 aromatic heterocycles. The van der Waals surface area contributed by atoms with Crippen molar-refractivity contribution in [2.24, 2.45) is 0 Å². The summed E-state index contributed by atoms with van der Waals surface area (Å²) in [5.74, 6) is -1.42. The van der Waals surface area contributed by atoms with Crippen molar-refractivity contribution in [2.45, 2.75) is 19.4 Å². The third-order valence-electron chi connectivity index (χ3n) is 4.93. The fraction of sp³-hybridized carbons (Fsp3) is 0.250. The van der Waals surface area contributed by atoms with Crippen LogP contribution in [0.2, 0.25) is 0 Å². The molecule has 1 fully saturated rings. The number of likely N-dealkylation sites (tertiary alicyclic amines) is 1. The molecule has 0 aliphatic carbocycles. The number of Topliss-reactive ketones (excluding diaryl/α,β-unsaturated/α-hetero) is 1. The average Bonchev–Trinajstić information content (AvgIpc) is 2.97. The van der Waals surface area contributed by atoms with Crippen molar-refractivity contribution >= 4 is 23.5 Å². The second-order valence-electron chi connectivity index (χ2n) is 7.02. The van der Waals surface area contributed by atoms with Crippen LogP contribution in [0.1, 0.15) is 23.1 Å². The highest BCUT2D eigenvalue weighted by Gasteiger charge is 2.43. The number of methoxy groups -OCH3 is 1. The number of nitrogens with zero attached hydrogens (tertiary/aromatic N) is 1. The van der Waals surface area contributed by atoms with Crippen LogP contribution in [-0.2, 0) is 14.3 Å². The first-order valence-corrected chi connectivity index (χ1v) is 9.60. The molecule has 1 heterocycles. The predicted molar refractivity (Wildman–Crippen MR) is 113 cm³/mol. The fourth-order valence-corrected chi connectivity index (χ4v) is 3.36. The van der Waals surface area contributed by atoms with Gasteiger partial charge in [-0.1, -0.05) is 72.3 Å². The Morgan fingerprint density at radius 2 is 1.79 bits per heavy atom. The van der Waals surface area contributed by atoms with Gasteiger partial charge < -0.3 is 14.7 Å². The van der Waals surface area contributed by atoms with Gasteiger partial charge in [-0.05, 0) is 18.9 Å². The van der Waals surface area contributed by atoms with E-state index >= 15 is 0 Å². The topological polar surface area (TPSA) is 66.8 Å². The SMILES string of the molecule is COCCCN1C(=O)C(=O)C(=C(O)c2ccc(C)cc2)[C@H]1/C=C/c1ccccc1. The van der Waals surface area contributed by atoms with Crippen LogP contribution in [0.25, 0.3) is 11.8 Å². The maximum Gasteiger partial charge on any atom is 0.295 e. The van der Waals surface area contributed by atoms with Gasteiger partial charge in [-0.25, -0.2) is 0 Å². The van der Waals surface area contributed by atoms with E-state index in [1.807, 2.05) is 55.5 Å². The van der Waals surface area contributed by atoms with Gasteiger partial charge in [-0.3, -0.25) is 9.59 Å². The number of rotatable bonds is 7. The van der Waals surface area contributed by atoms with E-state index in [1.54, 1.807) is 25.3 Å². The number of benzene rings is 2. The zero-order valence-corrected chi connectivity index (χ0v) is 16.7. The van der Waals surface area contributed by atoms with Gasteiger partial charge in [0.25, 0.3) is 11.7 Å². The summed E-state index contributed by atoms with van der Waals surface area (Å²) in [6.45, 7) is 2.80. The number of ether oxygens (including phenoxy) is 1. The van der Waals surface area contributed by atoms with Crippen LogP contribution >= 0.6 is 0 Å². The van der Waals surface area contributed by atoms with Crippen molar-refractivity contribution in [3.8, 4) is 0 Å². The smallest absolute Gasteiger partial charge is 0.295 e. The molecule has 1 N–H and O–H groups in total. The highest BCUT2D eigenvalue weighted by molar-refractivity contribution is 6.47. The Bertz CT molecular complexity index is 929. The van der Waals surface area contributed by atoms with Gasteiger partial charge in [0.15, 0.2) is 0 Å². The molecule has 5 nitrogen and oxygen atoms in total. The first kappa shape index (κ1) is 20.6. The number of hydrogen-bond acceptors (Lipinski definition) is 4. The molecule has 0 saturated carbocycles. The minimum atomic E-state index is -0.664. The van der Waals surface area contributed by atoms with Crippen molar-refractivity contribution in [2.75, 3.05) is 20.3 Å². The monoisotopic (exact) mass is 391 g/mol. The Labute approximate surface area is 170 Å². The zero-order valence-electron chi connectivity index (χ0n) is 16.7. The van der Waals surface area contributed by atoms with Crippen molar-refractivity contribution in [1.29, 1.82) is 0 Å². The van der Waals surface area contributed by atoms with Gasteiger partial charge in [-0.15, -0.1) is 0 Å². The van der Waals surface area contributed by atoms with E-state index in [4.69, 9.17) is 4.74 Å². The van der Waals surface area contributed by atoms with Crippen LogP contribution in [0.4, 0.5) is 0 Å². The Kier molecular flexibility index (Phi) is 6.62. The fourth-order valence-electron chi connectivity index (χ4n) is 3.36. The summed E-state index contributed by atoms with van der Waals surface area (Å²) in [7, 11) is 1.60. The van der Waals surface area contributed by atoms with E-state index in [0.717, 1.165) is 11.1 Å². The van der Waals surface area contributed by atoms with E-state index in [2.05, 4.69) is 0 Å². The summed E-state index contributed by atoms with van der Waals surface area (Å²) in [4.78, 5) is 27.0. The number of aryl methyl sites for hydroxylation is 1. The lowest BCUT2D eigenvalue weighted by molar-refractivity contribution is -0.139. The van der Waals surface area contributed by atoms with E-state index < -0.39 is 17.7 Å². The molecule has 0 bridgehead atoms. The highest BCUT2D eigenvalue weighted by Crippen LogP contribution is 2.30. The van der Waals surface area contributed by atoms with Gasteiger partial charge >= 0.3 is 0 Å². The standard InChI is InChI=1S/C24H25NO4/c1-17-9-12-19(13-10-17)22(26)21-20(14-11-18-7-4-3-5-8-18)25(15-6-16-29-2)24(28)23(21)27/h3-5,7-14,20,26H,6,15-16H2,1-2H3/b14-11+,22-21?/t20-/m1/s1. The van der Waals surface area contributed by atoms with Crippen LogP contribution in [0.3, 0.4) is 0 Å². The third-order valence-corrected chi connectivity index (χ3v) is 4.93. The summed E-state index contributed by atoms with van der Waals surface area (Å²) < 4.78 is 5.08. The molecule has 3 rings (SSSR count). The van der Waals surface area contributed by atoms with E-state index in [9.17, 15) is 14.7 Å². The number of ketones is 1. The first-order chi connectivity index (χ1) is 14.0. The van der Waals surface area contributed by atoms with Crippen molar-refractivity contribution in [3.63, 3.8) is 0 Å². The molecule has 29 heavy (non-hydrogen) atoms. The molecular formula is C24H25NO4. The molecule has 2 aromatic rings. The van der Waals surface area contributed by atoms with Crippen LogP contribution in [0.15, 0.2) is 66.2 Å². The number of amides is 1. The van der Waals surface area contributed by atoms with Crippen LogP contribution < -0.4 is 0 Å². The molecule has 0 spiro atoms. The summed E-state index contributed by atoms with van der Waals surface area (Å²) in [6.07, 6.45) is 4.26.